The maximum atomic E-state index is 12.2. The Bertz CT molecular complexity index is 585. The minimum Gasteiger partial charge on any atom is -0.345 e. The standard InChI is InChI=1S/C15H20N4O.2ClH/c1-3-7-15(2,16)14(20)19-12-6-4-5-11(10-12)13-17-8-9-18-13;;/h4-6,8-10H,3,7,16H2,1-2H3,(H,17,18)(H,19,20);2*1H. The Morgan fingerprint density at radius 3 is 2.73 bits per heavy atom. The molecule has 0 bridgehead atoms. The summed E-state index contributed by atoms with van der Waals surface area (Å²) in [5, 5.41) is 2.86. The lowest BCUT2D eigenvalue weighted by Crippen LogP contribution is -2.48. The molecule has 1 heterocycles. The summed E-state index contributed by atoms with van der Waals surface area (Å²) in [4.78, 5) is 19.4. The van der Waals surface area contributed by atoms with Gasteiger partial charge >= 0.3 is 0 Å². The summed E-state index contributed by atoms with van der Waals surface area (Å²) in [6, 6.07) is 7.52. The first kappa shape index (κ1) is 20.4. The Hall–Kier alpha value is -1.56. The van der Waals surface area contributed by atoms with E-state index in [9.17, 15) is 4.79 Å². The molecule has 5 nitrogen and oxygen atoms in total. The zero-order valence-corrected chi connectivity index (χ0v) is 14.3. The molecule has 122 valence electrons. The first-order valence-corrected chi connectivity index (χ1v) is 6.73. The number of aromatic amines is 1. The molecular formula is C15H22Cl2N4O. The fraction of sp³-hybridized carbons (Fsp3) is 0.333. The summed E-state index contributed by atoms with van der Waals surface area (Å²) < 4.78 is 0. The number of amides is 1. The Labute approximate surface area is 142 Å². The summed E-state index contributed by atoms with van der Waals surface area (Å²) in [6.45, 7) is 3.76. The average Bonchev–Trinajstić information content (AvgIpc) is 2.93. The highest BCUT2D eigenvalue weighted by Crippen LogP contribution is 2.20. The predicted molar refractivity (Wildman–Crippen MR) is 94.6 cm³/mol. The van der Waals surface area contributed by atoms with Crippen molar-refractivity contribution in [2.45, 2.75) is 32.2 Å². The summed E-state index contributed by atoms with van der Waals surface area (Å²) in [7, 11) is 0. The molecule has 1 amide bonds. The van der Waals surface area contributed by atoms with E-state index < -0.39 is 5.54 Å². The van der Waals surface area contributed by atoms with E-state index in [4.69, 9.17) is 5.73 Å². The molecule has 2 aromatic rings. The van der Waals surface area contributed by atoms with Crippen LogP contribution in [0.25, 0.3) is 11.4 Å². The number of carbonyl (C=O) groups excluding carboxylic acids is 1. The second kappa shape index (κ2) is 8.78. The van der Waals surface area contributed by atoms with Crippen molar-refractivity contribution in [2.24, 2.45) is 5.73 Å². The second-order valence-electron chi connectivity index (χ2n) is 5.14. The number of nitrogens with one attached hydrogen (secondary N) is 2. The van der Waals surface area contributed by atoms with Crippen molar-refractivity contribution < 1.29 is 4.79 Å². The van der Waals surface area contributed by atoms with Crippen molar-refractivity contribution in [3.63, 3.8) is 0 Å². The third-order valence-electron chi connectivity index (χ3n) is 3.18. The molecule has 1 aromatic heterocycles. The molecule has 0 saturated heterocycles. The third-order valence-corrected chi connectivity index (χ3v) is 3.18. The lowest BCUT2D eigenvalue weighted by atomic mass is 9.96. The topological polar surface area (TPSA) is 83.8 Å². The number of nitrogens with zero attached hydrogens (tertiary/aromatic N) is 1. The monoisotopic (exact) mass is 344 g/mol. The average molecular weight is 345 g/mol. The maximum Gasteiger partial charge on any atom is 0.244 e. The number of anilines is 1. The number of carbonyl (C=O) groups is 1. The highest BCUT2D eigenvalue weighted by molar-refractivity contribution is 5.98. The van der Waals surface area contributed by atoms with Gasteiger partial charge in [0.05, 0.1) is 5.54 Å². The van der Waals surface area contributed by atoms with E-state index in [0.29, 0.717) is 6.42 Å². The summed E-state index contributed by atoms with van der Waals surface area (Å²) in [5.74, 6) is 0.598. The Balaban J connectivity index is 0.00000220. The van der Waals surface area contributed by atoms with Crippen molar-refractivity contribution in [1.82, 2.24) is 9.97 Å². The molecule has 0 aliphatic rings. The van der Waals surface area contributed by atoms with Gasteiger partial charge in [-0.15, -0.1) is 24.8 Å². The molecule has 0 aliphatic carbocycles. The van der Waals surface area contributed by atoms with Crippen LogP contribution in [0.1, 0.15) is 26.7 Å². The summed E-state index contributed by atoms with van der Waals surface area (Å²) in [5.41, 5.74) is 6.81. The van der Waals surface area contributed by atoms with Crippen molar-refractivity contribution in [1.29, 1.82) is 0 Å². The van der Waals surface area contributed by atoms with Crippen LogP contribution in [0.4, 0.5) is 5.69 Å². The zero-order valence-electron chi connectivity index (χ0n) is 12.6. The fourth-order valence-electron chi connectivity index (χ4n) is 2.07. The molecule has 1 atom stereocenters. The van der Waals surface area contributed by atoms with Crippen LogP contribution in [-0.2, 0) is 4.79 Å². The van der Waals surface area contributed by atoms with E-state index in [2.05, 4.69) is 15.3 Å². The minimum atomic E-state index is -0.852. The first-order valence-electron chi connectivity index (χ1n) is 6.73. The van der Waals surface area contributed by atoms with Crippen LogP contribution in [0.3, 0.4) is 0 Å². The Morgan fingerprint density at radius 1 is 1.41 bits per heavy atom. The number of H-pyrrole nitrogens is 1. The first-order chi connectivity index (χ1) is 9.53. The molecule has 0 aliphatic heterocycles. The number of hydrogen-bond donors (Lipinski definition) is 3. The van der Waals surface area contributed by atoms with Crippen molar-refractivity contribution in [3.8, 4) is 11.4 Å². The molecule has 0 fully saturated rings. The zero-order chi connectivity index (χ0) is 14.6. The van der Waals surface area contributed by atoms with Crippen molar-refractivity contribution in [3.05, 3.63) is 36.7 Å². The number of nitrogens with two attached hydrogens (primary N) is 1. The molecule has 0 saturated carbocycles. The van der Waals surface area contributed by atoms with E-state index in [1.54, 1.807) is 19.3 Å². The maximum absolute atomic E-state index is 12.2. The van der Waals surface area contributed by atoms with Crippen LogP contribution in [-0.4, -0.2) is 21.4 Å². The van der Waals surface area contributed by atoms with Gasteiger partial charge in [0.15, 0.2) is 0 Å². The van der Waals surface area contributed by atoms with Gasteiger partial charge in [-0.25, -0.2) is 4.98 Å². The highest BCUT2D eigenvalue weighted by Gasteiger charge is 2.27. The SMILES string of the molecule is CCCC(C)(N)C(=O)Nc1cccc(-c2ncc[nH]2)c1.Cl.Cl. The molecule has 1 unspecified atom stereocenters. The minimum absolute atomic E-state index is 0. The second-order valence-corrected chi connectivity index (χ2v) is 5.14. The van der Waals surface area contributed by atoms with Gasteiger partial charge in [0.2, 0.25) is 5.91 Å². The molecular weight excluding hydrogens is 323 g/mol. The normalized spacial score (nSPS) is 12.5. The van der Waals surface area contributed by atoms with E-state index in [0.717, 1.165) is 23.5 Å². The Morgan fingerprint density at radius 2 is 2.14 bits per heavy atom. The molecule has 22 heavy (non-hydrogen) atoms. The van der Waals surface area contributed by atoms with E-state index in [1.807, 2.05) is 31.2 Å². The van der Waals surface area contributed by atoms with Crippen LogP contribution >= 0.6 is 24.8 Å². The van der Waals surface area contributed by atoms with Crippen LogP contribution < -0.4 is 11.1 Å². The van der Waals surface area contributed by atoms with Crippen molar-refractivity contribution in [2.75, 3.05) is 5.32 Å². The van der Waals surface area contributed by atoms with Crippen LogP contribution in [0, 0.1) is 0 Å². The van der Waals surface area contributed by atoms with Gasteiger partial charge in [0.25, 0.3) is 0 Å². The van der Waals surface area contributed by atoms with E-state index in [-0.39, 0.29) is 30.7 Å². The molecule has 7 heteroatoms. The van der Waals surface area contributed by atoms with Gasteiger partial charge in [-0.2, -0.15) is 0 Å². The van der Waals surface area contributed by atoms with Gasteiger partial charge in [-0.1, -0.05) is 25.5 Å². The molecule has 2 rings (SSSR count). The van der Waals surface area contributed by atoms with Gasteiger partial charge < -0.3 is 16.0 Å². The third kappa shape index (κ3) is 5.02. The number of aromatic nitrogens is 2. The predicted octanol–water partition coefficient (Wildman–Crippen LogP) is 3.38. The largest absolute Gasteiger partial charge is 0.345 e. The number of hydrogen-bond acceptors (Lipinski definition) is 3. The van der Waals surface area contributed by atoms with Gasteiger partial charge in [-0.05, 0) is 25.5 Å². The Kier molecular flexibility index (Phi) is 8.16. The molecule has 0 radical (unpaired) electrons. The van der Waals surface area contributed by atoms with Crippen LogP contribution in [0.5, 0.6) is 0 Å². The van der Waals surface area contributed by atoms with Gasteiger partial charge in [0.1, 0.15) is 5.82 Å². The fourth-order valence-corrected chi connectivity index (χ4v) is 2.07. The molecule has 4 N–H and O–H groups in total. The van der Waals surface area contributed by atoms with Crippen LogP contribution in [0.15, 0.2) is 36.7 Å². The van der Waals surface area contributed by atoms with E-state index in [1.165, 1.54) is 0 Å². The number of benzene rings is 1. The van der Waals surface area contributed by atoms with Crippen LogP contribution in [0.2, 0.25) is 0 Å². The highest BCUT2D eigenvalue weighted by atomic mass is 35.5. The number of halogens is 2. The molecule has 1 aromatic carbocycles. The molecule has 0 spiro atoms. The van der Waals surface area contributed by atoms with Gasteiger partial charge in [-0.3, -0.25) is 4.79 Å². The van der Waals surface area contributed by atoms with E-state index >= 15 is 0 Å². The number of imidazole rings is 1. The number of rotatable bonds is 5. The van der Waals surface area contributed by atoms with Gasteiger partial charge in [0, 0.05) is 23.6 Å². The van der Waals surface area contributed by atoms with Crippen molar-refractivity contribution >= 4 is 36.4 Å². The summed E-state index contributed by atoms with van der Waals surface area (Å²) >= 11 is 0. The lowest BCUT2D eigenvalue weighted by Gasteiger charge is -2.22. The smallest absolute Gasteiger partial charge is 0.244 e. The quantitative estimate of drug-likeness (QED) is 0.777. The lowest BCUT2D eigenvalue weighted by molar-refractivity contribution is -0.120. The summed E-state index contributed by atoms with van der Waals surface area (Å²) in [6.07, 6.45) is 4.97.